The summed E-state index contributed by atoms with van der Waals surface area (Å²) in [6.45, 7) is 6.23. The van der Waals surface area contributed by atoms with Crippen molar-refractivity contribution in [1.29, 1.82) is 0 Å². The van der Waals surface area contributed by atoms with Gasteiger partial charge in [-0.2, -0.15) is 0 Å². The van der Waals surface area contributed by atoms with E-state index in [1.807, 2.05) is 0 Å². The maximum absolute atomic E-state index is 6.04. The van der Waals surface area contributed by atoms with Gasteiger partial charge in [0.1, 0.15) is 16.8 Å². The highest BCUT2D eigenvalue weighted by atomic mass is 79.9. The van der Waals surface area contributed by atoms with Gasteiger partial charge < -0.3 is 5.32 Å². The normalized spacial score (nSPS) is 10.7. The van der Waals surface area contributed by atoms with Gasteiger partial charge in [0.2, 0.25) is 0 Å². The summed E-state index contributed by atoms with van der Waals surface area (Å²) in [6.07, 6.45) is 1.82. The molecule has 20 heavy (non-hydrogen) atoms. The van der Waals surface area contributed by atoms with E-state index < -0.39 is 0 Å². The van der Waals surface area contributed by atoms with Crippen LogP contribution >= 0.6 is 27.5 Å². The van der Waals surface area contributed by atoms with Gasteiger partial charge in [-0.15, -0.1) is 0 Å². The fraction of sp³-hybridized carbons (Fsp3) is 0.333. The molecule has 0 saturated heterocycles. The van der Waals surface area contributed by atoms with Crippen LogP contribution in [0.4, 0.5) is 11.5 Å². The highest BCUT2D eigenvalue weighted by Crippen LogP contribution is 2.27. The summed E-state index contributed by atoms with van der Waals surface area (Å²) in [5.74, 6) is 1.50. The summed E-state index contributed by atoms with van der Waals surface area (Å²) in [7, 11) is 0. The molecule has 1 aromatic carbocycles. The Kier molecular flexibility index (Phi) is 5.00. The van der Waals surface area contributed by atoms with Crippen LogP contribution in [0.1, 0.15) is 30.3 Å². The molecule has 0 amide bonds. The topological polar surface area (TPSA) is 37.8 Å². The molecule has 0 spiro atoms. The molecule has 0 bridgehead atoms. The monoisotopic (exact) mass is 353 g/mol. The van der Waals surface area contributed by atoms with Gasteiger partial charge in [0.15, 0.2) is 0 Å². The lowest BCUT2D eigenvalue weighted by molar-refractivity contribution is 0.837. The number of benzene rings is 1. The molecule has 1 aromatic heterocycles. The zero-order valence-electron chi connectivity index (χ0n) is 11.8. The lowest BCUT2D eigenvalue weighted by Gasteiger charge is -2.11. The quantitative estimate of drug-likeness (QED) is 0.766. The van der Waals surface area contributed by atoms with Crippen LogP contribution in [0.25, 0.3) is 0 Å². The smallest absolute Gasteiger partial charge is 0.135 e. The Balaban J connectivity index is 2.30. The average Bonchev–Trinajstić information content (AvgIpc) is 2.35. The van der Waals surface area contributed by atoms with Crippen molar-refractivity contribution in [3.63, 3.8) is 0 Å². The van der Waals surface area contributed by atoms with Crippen LogP contribution in [0.3, 0.4) is 0 Å². The largest absolute Gasteiger partial charge is 0.340 e. The Labute approximate surface area is 132 Å². The molecule has 3 nitrogen and oxygen atoms in total. The van der Waals surface area contributed by atoms with Gasteiger partial charge in [0.25, 0.3) is 0 Å². The Morgan fingerprint density at radius 2 is 1.80 bits per heavy atom. The SMILES string of the molecule is CCCc1nc(Cl)cc(Nc2cc(C)c(Br)c(C)c2)n1. The molecular weight excluding hydrogens is 338 g/mol. The van der Waals surface area contributed by atoms with E-state index in [1.165, 1.54) is 11.1 Å². The van der Waals surface area contributed by atoms with Gasteiger partial charge >= 0.3 is 0 Å². The third kappa shape index (κ3) is 3.70. The Hall–Kier alpha value is -1.13. The van der Waals surface area contributed by atoms with Gasteiger partial charge in [0, 0.05) is 22.6 Å². The number of hydrogen-bond donors (Lipinski definition) is 1. The Morgan fingerprint density at radius 1 is 1.15 bits per heavy atom. The van der Waals surface area contributed by atoms with Crippen LogP contribution in [0.2, 0.25) is 5.15 Å². The van der Waals surface area contributed by atoms with E-state index >= 15 is 0 Å². The number of nitrogens with one attached hydrogen (secondary N) is 1. The summed E-state index contributed by atoms with van der Waals surface area (Å²) in [6, 6.07) is 5.90. The minimum Gasteiger partial charge on any atom is -0.340 e. The van der Waals surface area contributed by atoms with Gasteiger partial charge in [-0.25, -0.2) is 9.97 Å². The number of anilines is 2. The number of hydrogen-bond acceptors (Lipinski definition) is 3. The molecule has 2 rings (SSSR count). The van der Waals surface area contributed by atoms with Crippen molar-refractivity contribution >= 4 is 39.0 Å². The highest BCUT2D eigenvalue weighted by molar-refractivity contribution is 9.10. The van der Waals surface area contributed by atoms with Gasteiger partial charge in [-0.05, 0) is 43.5 Å². The maximum Gasteiger partial charge on any atom is 0.135 e. The molecule has 0 atom stereocenters. The maximum atomic E-state index is 6.04. The standard InChI is InChI=1S/C15H17BrClN3/c1-4-5-13-19-12(17)8-14(20-13)18-11-6-9(2)15(16)10(3)7-11/h6-8H,4-5H2,1-3H3,(H,18,19,20). The predicted octanol–water partition coefficient (Wildman–Crippen LogP) is 5.21. The molecule has 0 saturated carbocycles. The average molecular weight is 355 g/mol. The predicted molar refractivity (Wildman–Crippen MR) is 87.9 cm³/mol. The van der Waals surface area contributed by atoms with E-state index in [0.29, 0.717) is 5.15 Å². The zero-order valence-corrected chi connectivity index (χ0v) is 14.1. The molecule has 0 radical (unpaired) electrons. The highest BCUT2D eigenvalue weighted by Gasteiger charge is 2.06. The van der Waals surface area contributed by atoms with Crippen molar-refractivity contribution in [3.05, 3.63) is 44.8 Å². The van der Waals surface area contributed by atoms with E-state index in [4.69, 9.17) is 11.6 Å². The summed E-state index contributed by atoms with van der Waals surface area (Å²) in [5.41, 5.74) is 3.36. The van der Waals surface area contributed by atoms with Crippen molar-refractivity contribution < 1.29 is 0 Å². The molecule has 106 valence electrons. The second kappa shape index (κ2) is 6.55. The van der Waals surface area contributed by atoms with Gasteiger partial charge in [0.05, 0.1) is 0 Å². The van der Waals surface area contributed by atoms with Crippen LogP contribution in [-0.2, 0) is 6.42 Å². The summed E-state index contributed by atoms with van der Waals surface area (Å²) >= 11 is 9.61. The molecule has 5 heteroatoms. The van der Waals surface area contributed by atoms with E-state index in [1.54, 1.807) is 6.07 Å². The van der Waals surface area contributed by atoms with E-state index in [9.17, 15) is 0 Å². The summed E-state index contributed by atoms with van der Waals surface area (Å²) in [5, 5.41) is 3.77. The second-order valence-corrected chi connectivity index (χ2v) is 5.97. The minimum absolute atomic E-state index is 0.469. The second-order valence-electron chi connectivity index (χ2n) is 4.79. The number of halogens is 2. The molecule has 1 heterocycles. The number of aryl methyl sites for hydroxylation is 3. The van der Waals surface area contributed by atoms with Crippen molar-refractivity contribution in [1.82, 2.24) is 9.97 Å². The van der Waals surface area contributed by atoms with Crippen molar-refractivity contribution in [2.75, 3.05) is 5.32 Å². The molecule has 0 aliphatic carbocycles. The number of nitrogens with zero attached hydrogens (tertiary/aromatic N) is 2. The molecular formula is C15H17BrClN3. The van der Waals surface area contributed by atoms with Crippen LogP contribution < -0.4 is 5.32 Å². The molecule has 2 aromatic rings. The van der Waals surface area contributed by atoms with Gasteiger partial charge in [-0.3, -0.25) is 0 Å². The van der Waals surface area contributed by atoms with E-state index in [0.717, 1.165) is 34.6 Å². The Bertz CT molecular complexity index is 606. The molecule has 0 aliphatic heterocycles. The molecule has 1 N–H and O–H groups in total. The van der Waals surface area contributed by atoms with E-state index in [2.05, 4.69) is 64.1 Å². The van der Waals surface area contributed by atoms with Crippen molar-refractivity contribution in [3.8, 4) is 0 Å². The van der Waals surface area contributed by atoms with Crippen LogP contribution in [0.5, 0.6) is 0 Å². The number of rotatable bonds is 4. The van der Waals surface area contributed by atoms with Crippen LogP contribution in [0.15, 0.2) is 22.7 Å². The number of aromatic nitrogens is 2. The minimum atomic E-state index is 0.469. The lowest BCUT2D eigenvalue weighted by atomic mass is 10.1. The lowest BCUT2D eigenvalue weighted by Crippen LogP contribution is -2.01. The fourth-order valence-electron chi connectivity index (χ4n) is 2.03. The molecule has 0 fully saturated rings. The van der Waals surface area contributed by atoms with Gasteiger partial charge in [-0.1, -0.05) is 34.5 Å². The first-order valence-corrected chi connectivity index (χ1v) is 7.74. The van der Waals surface area contributed by atoms with Crippen molar-refractivity contribution in [2.24, 2.45) is 0 Å². The van der Waals surface area contributed by atoms with E-state index in [-0.39, 0.29) is 0 Å². The Morgan fingerprint density at radius 3 is 2.40 bits per heavy atom. The van der Waals surface area contributed by atoms with Crippen LogP contribution in [0, 0.1) is 13.8 Å². The fourth-order valence-corrected chi connectivity index (χ4v) is 2.46. The summed E-state index contributed by atoms with van der Waals surface area (Å²) < 4.78 is 1.13. The molecule has 0 unspecified atom stereocenters. The third-order valence-corrected chi connectivity index (χ3v) is 4.37. The first-order valence-electron chi connectivity index (χ1n) is 6.57. The van der Waals surface area contributed by atoms with Crippen LogP contribution in [-0.4, -0.2) is 9.97 Å². The first-order chi connectivity index (χ1) is 9.49. The third-order valence-electron chi connectivity index (χ3n) is 2.92. The zero-order chi connectivity index (χ0) is 14.7. The van der Waals surface area contributed by atoms with Crippen molar-refractivity contribution in [2.45, 2.75) is 33.6 Å². The molecule has 0 aliphatic rings. The summed E-state index contributed by atoms with van der Waals surface area (Å²) in [4.78, 5) is 8.70. The first kappa shape index (κ1) is 15.3.